The number of aliphatic hydroxyl groups excluding tert-OH is 1. The van der Waals surface area contributed by atoms with E-state index in [2.05, 4.69) is 36.3 Å². The van der Waals surface area contributed by atoms with Gasteiger partial charge in [0.25, 0.3) is 0 Å². The fraction of sp³-hybridized carbons (Fsp3) is 0.667. The van der Waals surface area contributed by atoms with Gasteiger partial charge in [-0.3, -0.25) is 4.90 Å². The predicted octanol–water partition coefficient (Wildman–Crippen LogP) is 1.98. The zero-order valence-corrected chi connectivity index (χ0v) is 17.1. The van der Waals surface area contributed by atoms with E-state index in [9.17, 15) is 5.11 Å². The summed E-state index contributed by atoms with van der Waals surface area (Å²) in [4.78, 5) is 7.26. The lowest BCUT2D eigenvalue weighted by Gasteiger charge is -2.35. The van der Waals surface area contributed by atoms with Crippen molar-refractivity contribution in [2.45, 2.75) is 46.4 Å². The van der Waals surface area contributed by atoms with Crippen LogP contribution in [-0.2, 0) is 17.9 Å². The molecule has 3 N–H and O–H groups in total. The first-order valence-electron chi connectivity index (χ1n) is 10.2. The van der Waals surface area contributed by atoms with Crippen LogP contribution in [0.5, 0.6) is 0 Å². The highest BCUT2D eigenvalue weighted by Gasteiger charge is 2.22. The molecule has 0 saturated carbocycles. The Balaban J connectivity index is 1.99. The second kappa shape index (κ2) is 12.0. The summed E-state index contributed by atoms with van der Waals surface area (Å²) in [6.07, 6.45) is 1.15. The van der Waals surface area contributed by atoms with Crippen molar-refractivity contribution in [1.29, 1.82) is 0 Å². The summed E-state index contributed by atoms with van der Waals surface area (Å²) in [6.45, 7) is 12.5. The number of hydrogen-bond donors (Lipinski definition) is 3. The lowest BCUT2D eigenvalue weighted by Crippen LogP contribution is -2.51. The first-order valence-corrected chi connectivity index (χ1v) is 10.2. The monoisotopic (exact) mass is 376 g/mol. The molecule has 6 heteroatoms. The van der Waals surface area contributed by atoms with Crippen LogP contribution in [0.2, 0.25) is 0 Å². The van der Waals surface area contributed by atoms with Crippen LogP contribution < -0.4 is 10.6 Å². The Labute approximate surface area is 164 Å². The smallest absolute Gasteiger partial charge is 0.191 e. The first kappa shape index (κ1) is 21.7. The van der Waals surface area contributed by atoms with E-state index in [0.29, 0.717) is 18.5 Å². The van der Waals surface area contributed by atoms with Crippen molar-refractivity contribution >= 4 is 5.96 Å². The van der Waals surface area contributed by atoms with Crippen LogP contribution >= 0.6 is 0 Å². The lowest BCUT2D eigenvalue weighted by atomic mass is 10.0. The van der Waals surface area contributed by atoms with E-state index in [1.165, 1.54) is 0 Å². The lowest BCUT2D eigenvalue weighted by molar-refractivity contribution is 0.0132. The Morgan fingerprint density at radius 3 is 2.52 bits per heavy atom. The molecule has 2 rings (SSSR count). The molecule has 1 saturated heterocycles. The van der Waals surface area contributed by atoms with Crippen molar-refractivity contribution < 1.29 is 9.84 Å². The zero-order valence-electron chi connectivity index (χ0n) is 17.1. The number of guanidine groups is 1. The normalized spacial score (nSPS) is 17.1. The van der Waals surface area contributed by atoms with Crippen LogP contribution in [0.1, 0.15) is 38.3 Å². The van der Waals surface area contributed by atoms with Crippen molar-refractivity contribution in [3.63, 3.8) is 0 Å². The molecule has 0 radical (unpaired) electrons. The fourth-order valence-electron chi connectivity index (χ4n) is 3.43. The van der Waals surface area contributed by atoms with E-state index in [4.69, 9.17) is 9.73 Å². The van der Waals surface area contributed by atoms with Gasteiger partial charge in [-0.05, 0) is 30.4 Å². The Hall–Kier alpha value is -1.63. The molecule has 27 heavy (non-hydrogen) atoms. The van der Waals surface area contributed by atoms with Crippen LogP contribution in [-0.4, -0.2) is 61.4 Å². The fourth-order valence-corrected chi connectivity index (χ4v) is 3.43. The molecule has 6 nitrogen and oxygen atoms in total. The van der Waals surface area contributed by atoms with Gasteiger partial charge in [-0.15, -0.1) is 0 Å². The minimum absolute atomic E-state index is 0.0448. The third kappa shape index (κ3) is 7.48. The molecule has 152 valence electrons. The number of nitrogens with one attached hydrogen (secondary N) is 2. The molecule has 1 atom stereocenters. The van der Waals surface area contributed by atoms with Crippen molar-refractivity contribution in [1.82, 2.24) is 15.5 Å². The Bertz CT molecular complexity index is 571. The molecule has 1 unspecified atom stereocenters. The van der Waals surface area contributed by atoms with E-state index in [0.717, 1.165) is 62.9 Å². The van der Waals surface area contributed by atoms with Crippen molar-refractivity contribution in [2.75, 3.05) is 39.4 Å². The van der Waals surface area contributed by atoms with Crippen LogP contribution in [0.3, 0.4) is 0 Å². The average molecular weight is 377 g/mol. The highest BCUT2D eigenvalue weighted by Crippen LogP contribution is 2.13. The summed E-state index contributed by atoms with van der Waals surface area (Å²) in [5.41, 5.74) is 1.99. The Morgan fingerprint density at radius 2 is 1.89 bits per heavy atom. The van der Waals surface area contributed by atoms with E-state index in [1.807, 2.05) is 24.3 Å². The molecule has 1 aromatic carbocycles. The highest BCUT2D eigenvalue weighted by molar-refractivity contribution is 5.79. The summed E-state index contributed by atoms with van der Waals surface area (Å²) in [5.74, 6) is 1.47. The van der Waals surface area contributed by atoms with Gasteiger partial charge in [0.1, 0.15) is 0 Å². The number of aliphatic hydroxyl groups is 1. The molecule has 0 aliphatic carbocycles. The molecule has 0 spiro atoms. The third-order valence-electron chi connectivity index (χ3n) is 4.85. The van der Waals surface area contributed by atoms with Crippen molar-refractivity contribution in [2.24, 2.45) is 10.9 Å². The number of morpholine rings is 1. The molecule has 0 aromatic heterocycles. The van der Waals surface area contributed by atoms with Crippen LogP contribution in [0.25, 0.3) is 0 Å². The Morgan fingerprint density at radius 1 is 1.19 bits per heavy atom. The second-order valence-corrected chi connectivity index (χ2v) is 7.43. The standard InChI is InChI=1S/C21H36N4O2/c1-4-22-21(23-14-18-7-5-6-8-19(18)16-26)24-15-20(13-17(2)3)25-9-11-27-12-10-25/h5-8,17,20,26H,4,9-16H2,1-3H3,(H2,22,23,24). The van der Waals surface area contributed by atoms with Gasteiger partial charge in [-0.1, -0.05) is 38.1 Å². The van der Waals surface area contributed by atoms with Gasteiger partial charge in [0.2, 0.25) is 0 Å². The maximum Gasteiger partial charge on any atom is 0.191 e. The maximum atomic E-state index is 9.50. The number of benzene rings is 1. The minimum Gasteiger partial charge on any atom is -0.392 e. The molecule has 1 aliphatic rings. The predicted molar refractivity (Wildman–Crippen MR) is 111 cm³/mol. The maximum absolute atomic E-state index is 9.50. The third-order valence-corrected chi connectivity index (χ3v) is 4.85. The highest BCUT2D eigenvalue weighted by atomic mass is 16.5. The van der Waals surface area contributed by atoms with Gasteiger partial charge >= 0.3 is 0 Å². The van der Waals surface area contributed by atoms with Crippen LogP contribution in [0.4, 0.5) is 0 Å². The summed E-state index contributed by atoms with van der Waals surface area (Å²) in [7, 11) is 0. The first-order chi connectivity index (χ1) is 13.1. The summed E-state index contributed by atoms with van der Waals surface area (Å²) in [5, 5.41) is 16.4. The molecule has 1 heterocycles. The molecule has 1 aromatic rings. The zero-order chi connectivity index (χ0) is 19.5. The number of hydrogen-bond acceptors (Lipinski definition) is 4. The van der Waals surface area contributed by atoms with Gasteiger partial charge in [-0.2, -0.15) is 0 Å². The van der Waals surface area contributed by atoms with Crippen molar-refractivity contribution in [3.05, 3.63) is 35.4 Å². The molecular weight excluding hydrogens is 340 g/mol. The molecule has 0 amide bonds. The summed E-state index contributed by atoms with van der Waals surface area (Å²) >= 11 is 0. The topological polar surface area (TPSA) is 69.1 Å². The SMILES string of the molecule is CCNC(=NCc1ccccc1CO)NCC(CC(C)C)N1CCOCC1. The molecular formula is C21H36N4O2. The van der Waals surface area contributed by atoms with E-state index in [1.54, 1.807) is 0 Å². The van der Waals surface area contributed by atoms with E-state index >= 15 is 0 Å². The minimum atomic E-state index is 0.0448. The quantitative estimate of drug-likeness (QED) is 0.454. The largest absolute Gasteiger partial charge is 0.392 e. The van der Waals surface area contributed by atoms with Gasteiger partial charge < -0.3 is 20.5 Å². The van der Waals surface area contributed by atoms with Crippen LogP contribution in [0, 0.1) is 5.92 Å². The average Bonchev–Trinajstić information content (AvgIpc) is 2.69. The molecule has 1 aliphatic heterocycles. The number of nitrogens with zero attached hydrogens (tertiary/aromatic N) is 2. The van der Waals surface area contributed by atoms with Crippen molar-refractivity contribution in [3.8, 4) is 0 Å². The summed E-state index contributed by atoms with van der Waals surface area (Å²) in [6, 6.07) is 8.38. The van der Waals surface area contributed by atoms with Gasteiger partial charge in [0, 0.05) is 32.2 Å². The summed E-state index contributed by atoms with van der Waals surface area (Å²) < 4.78 is 5.51. The number of aliphatic imine (C=N–C) groups is 1. The van der Waals surface area contributed by atoms with Gasteiger partial charge in [0.15, 0.2) is 5.96 Å². The molecule has 0 bridgehead atoms. The van der Waals surface area contributed by atoms with Crippen LogP contribution in [0.15, 0.2) is 29.3 Å². The Kier molecular flexibility index (Phi) is 9.59. The molecule has 1 fully saturated rings. The van der Waals surface area contributed by atoms with E-state index in [-0.39, 0.29) is 6.61 Å². The van der Waals surface area contributed by atoms with Gasteiger partial charge in [-0.25, -0.2) is 4.99 Å². The second-order valence-electron chi connectivity index (χ2n) is 7.43. The number of ether oxygens (including phenoxy) is 1. The van der Waals surface area contributed by atoms with Gasteiger partial charge in [0.05, 0.1) is 26.4 Å². The van der Waals surface area contributed by atoms with E-state index < -0.39 is 0 Å². The number of rotatable bonds is 9.